The smallest absolute Gasteiger partial charge is 0.266 e. The standard InChI is InChI=1S/C25H15ClFN3O2S/c26-19-13-16(9-11-20(19)27)30-24(32)18-10-8-15(12-22(18)29-25(30)33)23(31)28-21-7-3-5-14-4-1-2-6-17(14)21/h1-13H,(H,28,31)(H,29,33). The molecule has 2 N–H and O–H groups in total. The predicted octanol–water partition coefficient (Wildman–Crippen LogP) is 6.25. The Morgan fingerprint density at radius 2 is 1.76 bits per heavy atom. The van der Waals surface area contributed by atoms with E-state index in [4.69, 9.17) is 23.8 Å². The molecule has 8 heteroatoms. The number of carbonyl (C=O) groups is 1. The van der Waals surface area contributed by atoms with Crippen LogP contribution in [0.3, 0.4) is 0 Å². The highest BCUT2D eigenvalue weighted by Gasteiger charge is 2.13. The number of amides is 1. The molecule has 0 fully saturated rings. The van der Waals surface area contributed by atoms with Crippen LogP contribution in [0.25, 0.3) is 27.4 Å². The van der Waals surface area contributed by atoms with Gasteiger partial charge >= 0.3 is 0 Å². The molecule has 5 aromatic rings. The van der Waals surface area contributed by atoms with E-state index in [0.717, 1.165) is 10.8 Å². The molecule has 5 rings (SSSR count). The van der Waals surface area contributed by atoms with Crippen LogP contribution >= 0.6 is 23.8 Å². The summed E-state index contributed by atoms with van der Waals surface area (Å²) < 4.78 is 14.9. The van der Waals surface area contributed by atoms with Crippen molar-refractivity contribution >= 4 is 57.1 Å². The fourth-order valence-electron chi connectivity index (χ4n) is 3.75. The normalized spacial score (nSPS) is 11.1. The quantitative estimate of drug-likeness (QED) is 0.303. The Labute approximate surface area is 197 Å². The SMILES string of the molecule is O=C(Nc1cccc2ccccc12)c1ccc2c(=O)n(-c3ccc(F)c(Cl)c3)c(=S)[nH]c2c1. The molecule has 0 bridgehead atoms. The third-order valence-corrected chi connectivity index (χ3v) is 5.93. The topological polar surface area (TPSA) is 66.9 Å². The summed E-state index contributed by atoms with van der Waals surface area (Å²) in [6.45, 7) is 0. The fraction of sp³-hybridized carbons (Fsp3) is 0. The summed E-state index contributed by atoms with van der Waals surface area (Å²) in [6, 6.07) is 22.1. The van der Waals surface area contributed by atoms with Gasteiger partial charge in [0.15, 0.2) is 4.77 Å². The number of nitrogens with zero attached hydrogens (tertiary/aromatic N) is 1. The van der Waals surface area contributed by atoms with Crippen LogP contribution < -0.4 is 10.9 Å². The van der Waals surface area contributed by atoms with E-state index >= 15 is 0 Å². The average Bonchev–Trinajstić information content (AvgIpc) is 2.81. The molecule has 0 aliphatic rings. The van der Waals surface area contributed by atoms with Gasteiger partial charge < -0.3 is 10.3 Å². The Bertz CT molecular complexity index is 1690. The van der Waals surface area contributed by atoms with Gasteiger partial charge in [0, 0.05) is 16.6 Å². The molecule has 1 aromatic heterocycles. The minimum Gasteiger partial charge on any atom is -0.331 e. The van der Waals surface area contributed by atoms with Crippen LogP contribution in [-0.2, 0) is 0 Å². The number of hydrogen-bond donors (Lipinski definition) is 2. The molecular formula is C25H15ClFN3O2S. The first-order valence-electron chi connectivity index (χ1n) is 9.96. The zero-order valence-corrected chi connectivity index (χ0v) is 18.5. The monoisotopic (exact) mass is 475 g/mol. The van der Waals surface area contributed by atoms with Crippen molar-refractivity contribution in [2.24, 2.45) is 0 Å². The lowest BCUT2D eigenvalue weighted by Crippen LogP contribution is -2.21. The van der Waals surface area contributed by atoms with Gasteiger partial charge in [0.2, 0.25) is 0 Å². The number of hydrogen-bond acceptors (Lipinski definition) is 3. The van der Waals surface area contributed by atoms with Gasteiger partial charge in [-0.2, -0.15) is 0 Å². The molecule has 33 heavy (non-hydrogen) atoms. The Hall–Kier alpha value is -3.81. The van der Waals surface area contributed by atoms with Crippen molar-refractivity contribution in [1.82, 2.24) is 9.55 Å². The number of nitrogens with one attached hydrogen (secondary N) is 2. The molecule has 1 heterocycles. The molecule has 4 aromatic carbocycles. The highest BCUT2D eigenvalue weighted by molar-refractivity contribution is 7.71. The van der Waals surface area contributed by atoms with Gasteiger partial charge in [-0.05, 0) is 60.1 Å². The van der Waals surface area contributed by atoms with Gasteiger partial charge in [-0.1, -0.05) is 48.0 Å². The maximum atomic E-state index is 13.5. The van der Waals surface area contributed by atoms with E-state index < -0.39 is 11.4 Å². The Balaban J connectivity index is 1.55. The second-order valence-electron chi connectivity index (χ2n) is 7.41. The number of carbonyl (C=O) groups excluding carboxylic acids is 1. The fourth-order valence-corrected chi connectivity index (χ4v) is 4.22. The minimum absolute atomic E-state index is 0.0989. The number of benzene rings is 4. The van der Waals surface area contributed by atoms with Crippen molar-refractivity contribution < 1.29 is 9.18 Å². The average molecular weight is 476 g/mol. The Kier molecular flexibility index (Phi) is 5.28. The van der Waals surface area contributed by atoms with Gasteiger partial charge in [0.1, 0.15) is 5.82 Å². The van der Waals surface area contributed by atoms with E-state index in [2.05, 4.69) is 10.3 Å². The molecule has 0 spiro atoms. The van der Waals surface area contributed by atoms with Gasteiger partial charge in [-0.25, -0.2) is 4.39 Å². The lowest BCUT2D eigenvalue weighted by Gasteiger charge is -2.11. The van der Waals surface area contributed by atoms with Crippen molar-refractivity contribution in [3.8, 4) is 5.69 Å². The number of aromatic amines is 1. The molecule has 0 atom stereocenters. The molecule has 0 radical (unpaired) electrons. The zero-order valence-electron chi connectivity index (χ0n) is 16.9. The Morgan fingerprint density at radius 1 is 0.970 bits per heavy atom. The lowest BCUT2D eigenvalue weighted by molar-refractivity contribution is 0.102. The number of anilines is 1. The predicted molar refractivity (Wildman–Crippen MR) is 132 cm³/mol. The third kappa shape index (κ3) is 3.82. The summed E-state index contributed by atoms with van der Waals surface area (Å²) in [4.78, 5) is 29.0. The van der Waals surface area contributed by atoms with Gasteiger partial charge in [-0.15, -0.1) is 0 Å². The second-order valence-corrected chi connectivity index (χ2v) is 8.20. The van der Waals surface area contributed by atoms with Crippen molar-refractivity contribution in [2.45, 2.75) is 0 Å². The molecule has 0 aliphatic carbocycles. The first-order valence-corrected chi connectivity index (χ1v) is 10.7. The summed E-state index contributed by atoms with van der Waals surface area (Å²) in [5.41, 5.74) is 1.41. The van der Waals surface area contributed by atoms with Crippen molar-refractivity contribution in [2.75, 3.05) is 5.32 Å². The van der Waals surface area contributed by atoms with E-state index in [9.17, 15) is 14.0 Å². The van der Waals surface area contributed by atoms with Crippen LogP contribution in [0.5, 0.6) is 0 Å². The summed E-state index contributed by atoms with van der Waals surface area (Å²) in [5, 5.41) is 5.08. The summed E-state index contributed by atoms with van der Waals surface area (Å²) in [7, 11) is 0. The molecule has 1 amide bonds. The molecule has 0 saturated heterocycles. The summed E-state index contributed by atoms with van der Waals surface area (Å²) in [6.07, 6.45) is 0. The van der Waals surface area contributed by atoms with Crippen LogP contribution in [0.4, 0.5) is 10.1 Å². The number of rotatable bonds is 3. The molecule has 0 unspecified atom stereocenters. The van der Waals surface area contributed by atoms with E-state index in [-0.39, 0.29) is 15.7 Å². The molecule has 0 aliphatic heterocycles. The van der Waals surface area contributed by atoms with Crippen molar-refractivity contribution in [3.05, 3.63) is 110 Å². The highest BCUT2D eigenvalue weighted by atomic mass is 35.5. The van der Waals surface area contributed by atoms with Gasteiger partial charge in [-0.3, -0.25) is 14.2 Å². The number of H-pyrrole nitrogens is 1. The highest BCUT2D eigenvalue weighted by Crippen LogP contribution is 2.24. The zero-order chi connectivity index (χ0) is 23.1. The van der Waals surface area contributed by atoms with Gasteiger partial charge in [0.25, 0.3) is 11.5 Å². The third-order valence-electron chi connectivity index (χ3n) is 5.36. The number of fused-ring (bicyclic) bond motifs is 2. The van der Waals surface area contributed by atoms with Crippen LogP contribution in [0, 0.1) is 10.6 Å². The number of aromatic nitrogens is 2. The number of halogens is 2. The maximum Gasteiger partial charge on any atom is 0.266 e. The molecule has 5 nitrogen and oxygen atoms in total. The van der Waals surface area contributed by atoms with Gasteiger partial charge in [0.05, 0.1) is 21.6 Å². The first kappa shape index (κ1) is 21.1. The minimum atomic E-state index is -0.592. The molecular weight excluding hydrogens is 461 g/mol. The molecule has 0 saturated carbocycles. The van der Waals surface area contributed by atoms with E-state index in [1.165, 1.54) is 22.8 Å². The van der Waals surface area contributed by atoms with Crippen molar-refractivity contribution in [3.63, 3.8) is 0 Å². The van der Waals surface area contributed by atoms with E-state index in [0.29, 0.717) is 27.8 Å². The van der Waals surface area contributed by atoms with E-state index in [1.807, 2.05) is 42.5 Å². The van der Waals surface area contributed by atoms with Crippen molar-refractivity contribution in [1.29, 1.82) is 0 Å². The van der Waals surface area contributed by atoms with Crippen LogP contribution in [-0.4, -0.2) is 15.5 Å². The Morgan fingerprint density at radius 3 is 2.58 bits per heavy atom. The molecule has 162 valence electrons. The van der Waals surface area contributed by atoms with Crippen LogP contribution in [0.1, 0.15) is 10.4 Å². The first-order chi connectivity index (χ1) is 15.9. The lowest BCUT2D eigenvalue weighted by atomic mass is 10.1. The van der Waals surface area contributed by atoms with Crippen LogP contribution in [0.15, 0.2) is 83.7 Å². The maximum absolute atomic E-state index is 13.5. The summed E-state index contributed by atoms with van der Waals surface area (Å²) in [5.74, 6) is -0.909. The van der Waals surface area contributed by atoms with E-state index in [1.54, 1.807) is 18.2 Å². The largest absolute Gasteiger partial charge is 0.331 e. The van der Waals surface area contributed by atoms with Crippen LogP contribution in [0.2, 0.25) is 5.02 Å². The second kappa shape index (κ2) is 8.27. The summed E-state index contributed by atoms with van der Waals surface area (Å²) >= 11 is 11.2.